The van der Waals surface area contributed by atoms with E-state index in [1.54, 1.807) is 26.4 Å². The zero-order valence-corrected chi connectivity index (χ0v) is 13.8. The number of azide groups is 1. The molecule has 0 aliphatic rings. The Kier molecular flexibility index (Phi) is 4.55. The molecule has 0 aliphatic carbocycles. The van der Waals surface area contributed by atoms with E-state index in [9.17, 15) is 4.79 Å². The molecular formula is C19H15N3O3. The third-order valence-electron chi connectivity index (χ3n) is 3.95. The zero-order valence-electron chi connectivity index (χ0n) is 13.8. The molecule has 0 bridgehead atoms. The highest BCUT2D eigenvalue weighted by Crippen LogP contribution is 2.42. The fourth-order valence-corrected chi connectivity index (χ4v) is 2.90. The maximum Gasteiger partial charge on any atom is 0.242 e. The molecule has 3 aromatic carbocycles. The Balaban J connectivity index is 2.37. The van der Waals surface area contributed by atoms with Gasteiger partial charge in [-0.1, -0.05) is 42.5 Å². The number of methoxy groups -OCH3 is 2. The van der Waals surface area contributed by atoms with Crippen LogP contribution >= 0.6 is 0 Å². The summed E-state index contributed by atoms with van der Waals surface area (Å²) >= 11 is 0. The van der Waals surface area contributed by atoms with Crippen LogP contribution < -0.4 is 9.47 Å². The molecule has 0 radical (unpaired) electrons. The van der Waals surface area contributed by atoms with Gasteiger partial charge in [-0.15, -0.1) is 0 Å². The second-order valence-electron chi connectivity index (χ2n) is 5.27. The zero-order chi connectivity index (χ0) is 17.8. The number of fused-ring (bicyclic) bond motifs is 3. The minimum absolute atomic E-state index is 0.558. The van der Waals surface area contributed by atoms with Gasteiger partial charge >= 0.3 is 0 Å². The topological polar surface area (TPSA) is 84.3 Å². The Labute approximate surface area is 143 Å². The Morgan fingerprint density at radius 2 is 1.92 bits per heavy atom. The Morgan fingerprint density at radius 1 is 1.12 bits per heavy atom. The molecule has 0 fully saturated rings. The third-order valence-corrected chi connectivity index (χ3v) is 3.95. The molecule has 0 unspecified atom stereocenters. The van der Waals surface area contributed by atoms with Crippen LogP contribution in [0.2, 0.25) is 0 Å². The van der Waals surface area contributed by atoms with Crippen molar-refractivity contribution in [3.05, 3.63) is 64.5 Å². The van der Waals surface area contributed by atoms with Crippen LogP contribution in [0.1, 0.15) is 5.56 Å². The van der Waals surface area contributed by atoms with Gasteiger partial charge in [-0.25, -0.2) is 0 Å². The fourth-order valence-electron chi connectivity index (χ4n) is 2.90. The molecular weight excluding hydrogens is 318 g/mol. The van der Waals surface area contributed by atoms with Crippen molar-refractivity contribution in [2.75, 3.05) is 14.2 Å². The highest BCUT2D eigenvalue weighted by molar-refractivity contribution is 6.14. The molecule has 0 saturated heterocycles. The fraction of sp³-hybridized carbons (Fsp3) is 0.105. The van der Waals surface area contributed by atoms with Gasteiger partial charge in [0.2, 0.25) is 5.91 Å². The number of hydrogen-bond acceptors (Lipinski definition) is 3. The molecule has 0 N–H and O–H groups in total. The van der Waals surface area contributed by atoms with Gasteiger partial charge in [0.1, 0.15) is 0 Å². The van der Waals surface area contributed by atoms with E-state index in [0.29, 0.717) is 11.5 Å². The maximum absolute atomic E-state index is 11.5. The van der Waals surface area contributed by atoms with Crippen LogP contribution in [0, 0.1) is 0 Å². The summed E-state index contributed by atoms with van der Waals surface area (Å²) in [6, 6.07) is 13.7. The summed E-state index contributed by atoms with van der Waals surface area (Å²) in [6.45, 7) is 0. The minimum Gasteiger partial charge on any atom is -0.493 e. The highest BCUT2D eigenvalue weighted by Gasteiger charge is 2.15. The molecule has 0 aliphatic heterocycles. The minimum atomic E-state index is -0.661. The lowest BCUT2D eigenvalue weighted by atomic mass is 9.96. The van der Waals surface area contributed by atoms with Crippen LogP contribution in [0.4, 0.5) is 0 Å². The van der Waals surface area contributed by atoms with Gasteiger partial charge in [0.15, 0.2) is 11.5 Å². The number of rotatable bonds is 4. The van der Waals surface area contributed by atoms with E-state index in [4.69, 9.17) is 15.0 Å². The van der Waals surface area contributed by atoms with Gasteiger partial charge in [0, 0.05) is 10.3 Å². The second kappa shape index (κ2) is 6.95. The van der Waals surface area contributed by atoms with Crippen molar-refractivity contribution in [1.29, 1.82) is 0 Å². The monoisotopic (exact) mass is 333 g/mol. The molecule has 124 valence electrons. The van der Waals surface area contributed by atoms with E-state index < -0.39 is 5.91 Å². The largest absolute Gasteiger partial charge is 0.493 e. The molecule has 3 rings (SSSR count). The molecule has 0 saturated carbocycles. The lowest BCUT2D eigenvalue weighted by Gasteiger charge is -2.15. The number of carbonyl (C=O) groups excluding carboxylic acids is 1. The summed E-state index contributed by atoms with van der Waals surface area (Å²) in [5, 5.41) is 6.94. The van der Waals surface area contributed by atoms with E-state index >= 15 is 0 Å². The van der Waals surface area contributed by atoms with Crippen molar-refractivity contribution < 1.29 is 14.3 Å². The maximum atomic E-state index is 11.5. The van der Waals surface area contributed by atoms with Crippen LogP contribution in [0.25, 0.3) is 38.1 Å². The quantitative estimate of drug-likeness (QED) is 0.225. The third kappa shape index (κ3) is 2.98. The molecule has 3 aromatic rings. The predicted molar refractivity (Wildman–Crippen MR) is 97.7 cm³/mol. The van der Waals surface area contributed by atoms with Crippen molar-refractivity contribution in [3.63, 3.8) is 0 Å². The molecule has 1 amide bonds. The smallest absolute Gasteiger partial charge is 0.242 e. The number of amides is 1. The first kappa shape index (κ1) is 16.4. The summed E-state index contributed by atoms with van der Waals surface area (Å²) in [4.78, 5) is 14.0. The van der Waals surface area contributed by atoms with E-state index in [2.05, 4.69) is 10.0 Å². The normalized spacial score (nSPS) is 10.8. The van der Waals surface area contributed by atoms with E-state index in [-0.39, 0.29) is 0 Å². The van der Waals surface area contributed by atoms with Gasteiger partial charge in [-0.05, 0) is 44.5 Å². The first-order valence-corrected chi connectivity index (χ1v) is 7.53. The Morgan fingerprint density at radius 3 is 2.64 bits per heavy atom. The molecule has 6 nitrogen and oxygen atoms in total. The average molecular weight is 333 g/mol. The Bertz CT molecular complexity index is 1050. The summed E-state index contributed by atoms with van der Waals surface area (Å²) in [5.74, 6) is 0.529. The molecule has 25 heavy (non-hydrogen) atoms. The van der Waals surface area contributed by atoms with Crippen LogP contribution in [0.15, 0.2) is 53.7 Å². The lowest BCUT2D eigenvalue weighted by molar-refractivity contribution is -0.113. The first-order valence-electron chi connectivity index (χ1n) is 7.53. The predicted octanol–water partition coefficient (Wildman–Crippen LogP) is 4.86. The molecule has 0 heterocycles. The van der Waals surface area contributed by atoms with Crippen molar-refractivity contribution in [2.45, 2.75) is 0 Å². The van der Waals surface area contributed by atoms with Crippen LogP contribution in [0.3, 0.4) is 0 Å². The van der Waals surface area contributed by atoms with Gasteiger partial charge < -0.3 is 9.47 Å². The van der Waals surface area contributed by atoms with Crippen molar-refractivity contribution in [2.24, 2.45) is 5.11 Å². The van der Waals surface area contributed by atoms with Crippen molar-refractivity contribution >= 4 is 33.5 Å². The summed E-state index contributed by atoms with van der Waals surface area (Å²) in [7, 11) is 3.16. The second-order valence-corrected chi connectivity index (χ2v) is 5.27. The molecule has 0 spiro atoms. The van der Waals surface area contributed by atoms with Crippen LogP contribution in [-0.4, -0.2) is 20.1 Å². The molecule has 0 aromatic heterocycles. The van der Waals surface area contributed by atoms with Crippen molar-refractivity contribution in [1.82, 2.24) is 0 Å². The number of carbonyl (C=O) groups is 1. The van der Waals surface area contributed by atoms with E-state index in [0.717, 1.165) is 27.1 Å². The average Bonchev–Trinajstić information content (AvgIpc) is 2.65. The van der Waals surface area contributed by atoms with Crippen LogP contribution in [0.5, 0.6) is 11.5 Å². The highest BCUT2D eigenvalue weighted by atomic mass is 16.5. The number of benzene rings is 3. The van der Waals surface area contributed by atoms with Crippen molar-refractivity contribution in [3.8, 4) is 11.5 Å². The van der Waals surface area contributed by atoms with E-state index in [1.807, 2.05) is 36.4 Å². The first-order chi connectivity index (χ1) is 12.2. The number of nitrogens with zero attached hydrogens (tertiary/aromatic N) is 3. The standard InChI is InChI=1S/C19H15N3O3/c1-24-16-11-13(8-10-17(23)21-22-20)15-9-7-12-5-3-4-6-14(12)18(15)19(16)25-2/h3-11H,1-2H3/b10-8+. The SMILES string of the molecule is COc1cc(/C=C/C(=O)N=[N+]=[N-])c2ccc3ccccc3c2c1OC. The molecule has 0 atom stereocenters. The summed E-state index contributed by atoms with van der Waals surface area (Å²) in [5.41, 5.74) is 9.11. The van der Waals surface area contributed by atoms with Gasteiger partial charge in [0.05, 0.1) is 14.2 Å². The number of ether oxygens (including phenoxy) is 2. The summed E-state index contributed by atoms with van der Waals surface area (Å²) in [6.07, 6.45) is 2.84. The molecule has 6 heteroatoms. The Hall–Kier alpha value is -3.50. The summed E-state index contributed by atoms with van der Waals surface area (Å²) < 4.78 is 11.1. The van der Waals surface area contributed by atoms with Crippen LogP contribution in [-0.2, 0) is 4.79 Å². The lowest BCUT2D eigenvalue weighted by Crippen LogP contribution is -1.94. The van der Waals surface area contributed by atoms with Gasteiger partial charge in [-0.2, -0.15) is 0 Å². The number of hydrogen-bond donors (Lipinski definition) is 0. The van der Waals surface area contributed by atoms with Gasteiger partial charge in [-0.3, -0.25) is 4.79 Å². The van der Waals surface area contributed by atoms with E-state index in [1.165, 1.54) is 6.08 Å². The van der Waals surface area contributed by atoms with Gasteiger partial charge in [0.25, 0.3) is 0 Å².